The maximum atomic E-state index is 5.65. The molecular weight excluding hydrogens is 166 g/mol. The first kappa shape index (κ1) is 10.0. The van der Waals surface area contributed by atoms with Crippen molar-refractivity contribution in [3.8, 4) is 0 Å². The molecule has 0 amide bonds. The lowest BCUT2D eigenvalue weighted by Gasteiger charge is -2.14. The van der Waals surface area contributed by atoms with E-state index in [2.05, 4.69) is 0 Å². The molecule has 0 unspecified atom stereocenters. The summed E-state index contributed by atoms with van der Waals surface area (Å²) in [5, 5.41) is 0. The Labute approximate surface area is 78.5 Å². The van der Waals surface area contributed by atoms with E-state index in [0.717, 1.165) is 11.3 Å². The summed E-state index contributed by atoms with van der Waals surface area (Å²) in [5.74, 6) is 0. The summed E-state index contributed by atoms with van der Waals surface area (Å²) in [7, 11) is 3.31. The second kappa shape index (κ2) is 4.84. The molecule has 1 atom stereocenters. The van der Waals surface area contributed by atoms with Crippen LogP contribution in [0, 0.1) is 0 Å². The molecule has 3 nitrogen and oxygen atoms in total. The molecule has 0 heterocycles. The normalized spacial score (nSPS) is 12.8. The van der Waals surface area contributed by atoms with Gasteiger partial charge in [0.1, 0.15) is 6.10 Å². The van der Waals surface area contributed by atoms with Crippen molar-refractivity contribution < 1.29 is 9.47 Å². The second-order valence-corrected chi connectivity index (χ2v) is 2.85. The number of hydrogen-bond donors (Lipinski definition) is 1. The summed E-state index contributed by atoms with van der Waals surface area (Å²) < 4.78 is 10.3. The van der Waals surface area contributed by atoms with Gasteiger partial charge in [0.15, 0.2) is 0 Å². The molecule has 1 aromatic carbocycles. The third kappa shape index (κ3) is 2.72. The van der Waals surface area contributed by atoms with Gasteiger partial charge < -0.3 is 15.2 Å². The Morgan fingerprint density at radius 1 is 1.38 bits per heavy atom. The lowest BCUT2D eigenvalue weighted by Crippen LogP contribution is -2.08. The highest BCUT2D eigenvalue weighted by molar-refractivity contribution is 5.41. The Hall–Kier alpha value is -1.06. The zero-order valence-electron chi connectivity index (χ0n) is 7.99. The molecule has 0 bridgehead atoms. The number of anilines is 1. The Kier molecular flexibility index (Phi) is 3.73. The number of benzene rings is 1. The zero-order chi connectivity index (χ0) is 9.68. The number of methoxy groups -OCH3 is 2. The highest BCUT2D eigenvalue weighted by atomic mass is 16.5. The summed E-state index contributed by atoms with van der Waals surface area (Å²) in [4.78, 5) is 0. The summed E-state index contributed by atoms with van der Waals surface area (Å²) in [6.07, 6.45) is -0.0338. The number of nitrogens with two attached hydrogens (primary N) is 1. The van der Waals surface area contributed by atoms with Gasteiger partial charge in [-0.15, -0.1) is 0 Å². The molecule has 1 aromatic rings. The average molecular weight is 181 g/mol. The van der Waals surface area contributed by atoms with Crippen LogP contribution in [0.25, 0.3) is 0 Å². The van der Waals surface area contributed by atoms with Crippen LogP contribution in [0.1, 0.15) is 11.7 Å². The van der Waals surface area contributed by atoms with Crippen LogP contribution in [0.5, 0.6) is 0 Å². The molecule has 0 fully saturated rings. The SMILES string of the molecule is COC[C@H](OC)c1cccc(N)c1. The fourth-order valence-corrected chi connectivity index (χ4v) is 1.21. The van der Waals surface area contributed by atoms with E-state index in [1.165, 1.54) is 0 Å². The van der Waals surface area contributed by atoms with Crippen molar-refractivity contribution in [2.75, 3.05) is 26.6 Å². The predicted octanol–water partition coefficient (Wildman–Crippen LogP) is 1.60. The number of ether oxygens (including phenoxy) is 2. The van der Waals surface area contributed by atoms with Crippen LogP contribution in [0.2, 0.25) is 0 Å². The maximum Gasteiger partial charge on any atom is 0.105 e. The number of rotatable bonds is 4. The van der Waals surface area contributed by atoms with Crippen LogP contribution >= 0.6 is 0 Å². The average Bonchev–Trinajstić information content (AvgIpc) is 2.14. The number of nitrogen functional groups attached to an aromatic ring is 1. The minimum absolute atomic E-state index is 0.0338. The molecule has 13 heavy (non-hydrogen) atoms. The molecule has 2 N–H and O–H groups in total. The van der Waals surface area contributed by atoms with Gasteiger partial charge in [-0.2, -0.15) is 0 Å². The molecule has 0 aliphatic rings. The predicted molar refractivity (Wildman–Crippen MR) is 52.5 cm³/mol. The largest absolute Gasteiger partial charge is 0.399 e. The summed E-state index contributed by atoms with van der Waals surface area (Å²) in [6.45, 7) is 0.542. The summed E-state index contributed by atoms with van der Waals surface area (Å²) in [5.41, 5.74) is 7.44. The minimum atomic E-state index is -0.0338. The van der Waals surface area contributed by atoms with E-state index in [1.54, 1.807) is 14.2 Å². The molecule has 0 aliphatic carbocycles. The van der Waals surface area contributed by atoms with Gasteiger partial charge in [-0.25, -0.2) is 0 Å². The van der Waals surface area contributed by atoms with Gasteiger partial charge in [0.05, 0.1) is 6.61 Å². The Morgan fingerprint density at radius 3 is 2.69 bits per heavy atom. The minimum Gasteiger partial charge on any atom is -0.399 e. The molecule has 0 spiro atoms. The third-order valence-corrected chi connectivity index (χ3v) is 1.89. The molecule has 0 aromatic heterocycles. The topological polar surface area (TPSA) is 44.5 Å². The van der Waals surface area contributed by atoms with Crippen LogP contribution in [-0.2, 0) is 9.47 Å². The van der Waals surface area contributed by atoms with E-state index in [9.17, 15) is 0 Å². The van der Waals surface area contributed by atoms with Crippen LogP contribution in [0.4, 0.5) is 5.69 Å². The van der Waals surface area contributed by atoms with Crippen LogP contribution in [0.15, 0.2) is 24.3 Å². The lowest BCUT2D eigenvalue weighted by atomic mass is 10.1. The fraction of sp³-hybridized carbons (Fsp3) is 0.400. The van der Waals surface area contributed by atoms with Crippen molar-refractivity contribution in [1.82, 2.24) is 0 Å². The molecule has 0 saturated carbocycles. The quantitative estimate of drug-likeness (QED) is 0.717. The van der Waals surface area contributed by atoms with Crippen LogP contribution in [0.3, 0.4) is 0 Å². The van der Waals surface area contributed by atoms with Gasteiger partial charge in [0.25, 0.3) is 0 Å². The highest BCUT2D eigenvalue weighted by Crippen LogP contribution is 2.18. The maximum absolute atomic E-state index is 5.65. The Bertz CT molecular complexity index is 263. The monoisotopic (exact) mass is 181 g/mol. The van der Waals surface area contributed by atoms with Gasteiger partial charge >= 0.3 is 0 Å². The smallest absolute Gasteiger partial charge is 0.105 e. The van der Waals surface area contributed by atoms with E-state index in [1.807, 2.05) is 24.3 Å². The van der Waals surface area contributed by atoms with Gasteiger partial charge in [0.2, 0.25) is 0 Å². The third-order valence-electron chi connectivity index (χ3n) is 1.89. The van der Waals surface area contributed by atoms with Crippen LogP contribution < -0.4 is 5.73 Å². The van der Waals surface area contributed by atoms with E-state index in [4.69, 9.17) is 15.2 Å². The summed E-state index contributed by atoms with van der Waals surface area (Å²) in [6, 6.07) is 7.63. The molecule has 0 radical (unpaired) electrons. The van der Waals surface area contributed by atoms with Crippen molar-refractivity contribution in [2.24, 2.45) is 0 Å². The van der Waals surface area contributed by atoms with E-state index in [-0.39, 0.29) is 6.10 Å². The van der Waals surface area contributed by atoms with Crippen molar-refractivity contribution in [3.63, 3.8) is 0 Å². The molecular formula is C10H15NO2. The van der Waals surface area contributed by atoms with E-state index >= 15 is 0 Å². The first-order valence-corrected chi connectivity index (χ1v) is 4.15. The molecule has 1 rings (SSSR count). The van der Waals surface area contributed by atoms with Crippen molar-refractivity contribution >= 4 is 5.69 Å². The Morgan fingerprint density at radius 2 is 2.15 bits per heavy atom. The van der Waals surface area contributed by atoms with E-state index in [0.29, 0.717) is 6.61 Å². The van der Waals surface area contributed by atoms with E-state index < -0.39 is 0 Å². The first-order chi connectivity index (χ1) is 6.27. The first-order valence-electron chi connectivity index (χ1n) is 4.15. The standard InChI is InChI=1S/C10H15NO2/c1-12-7-10(13-2)8-4-3-5-9(11)6-8/h3-6,10H,7,11H2,1-2H3/t10-/m0/s1. The van der Waals surface area contributed by atoms with Crippen molar-refractivity contribution in [2.45, 2.75) is 6.10 Å². The zero-order valence-corrected chi connectivity index (χ0v) is 7.99. The molecule has 0 aliphatic heterocycles. The van der Waals surface area contributed by atoms with Gasteiger partial charge in [0, 0.05) is 19.9 Å². The number of hydrogen-bond acceptors (Lipinski definition) is 3. The summed E-state index contributed by atoms with van der Waals surface area (Å²) >= 11 is 0. The molecule has 72 valence electrons. The van der Waals surface area contributed by atoms with Gasteiger partial charge in [-0.05, 0) is 17.7 Å². The van der Waals surface area contributed by atoms with Gasteiger partial charge in [-0.3, -0.25) is 0 Å². The molecule has 3 heteroatoms. The lowest BCUT2D eigenvalue weighted by molar-refractivity contribution is 0.0275. The fourth-order valence-electron chi connectivity index (χ4n) is 1.21. The van der Waals surface area contributed by atoms with Crippen molar-refractivity contribution in [3.05, 3.63) is 29.8 Å². The van der Waals surface area contributed by atoms with Crippen molar-refractivity contribution in [1.29, 1.82) is 0 Å². The Balaban J connectivity index is 2.78. The van der Waals surface area contributed by atoms with Gasteiger partial charge in [-0.1, -0.05) is 12.1 Å². The van der Waals surface area contributed by atoms with Crippen LogP contribution in [-0.4, -0.2) is 20.8 Å². The second-order valence-electron chi connectivity index (χ2n) is 2.85. The molecule has 0 saturated heterocycles. The highest BCUT2D eigenvalue weighted by Gasteiger charge is 2.09.